The molecule has 0 bridgehead atoms. The van der Waals surface area contributed by atoms with Gasteiger partial charge in [-0.2, -0.15) is 0 Å². The number of methoxy groups -OCH3 is 1. The number of esters is 3. The predicted molar refractivity (Wildman–Crippen MR) is 68.7 cm³/mol. The molecule has 3 atom stereocenters. The van der Waals surface area contributed by atoms with E-state index in [-0.39, 0.29) is 19.3 Å². The van der Waals surface area contributed by atoms with Crippen LogP contribution >= 0.6 is 0 Å². The molecular formula is C13H22O7. The van der Waals surface area contributed by atoms with E-state index < -0.39 is 36.2 Å². The largest absolute Gasteiger partial charge is 0.469 e. The summed E-state index contributed by atoms with van der Waals surface area (Å²) in [7, 11) is 1.25. The molecule has 0 aliphatic heterocycles. The van der Waals surface area contributed by atoms with E-state index in [0.29, 0.717) is 0 Å². The van der Waals surface area contributed by atoms with Gasteiger partial charge in [-0.25, -0.2) is 0 Å². The van der Waals surface area contributed by atoms with Crippen LogP contribution < -0.4 is 0 Å². The molecular weight excluding hydrogens is 268 g/mol. The zero-order valence-corrected chi connectivity index (χ0v) is 12.3. The molecule has 0 saturated carbocycles. The van der Waals surface area contributed by atoms with Crippen LogP contribution in [0.25, 0.3) is 0 Å². The smallest absolute Gasteiger partial charge is 0.309 e. The van der Waals surface area contributed by atoms with Gasteiger partial charge in [0, 0.05) is 0 Å². The lowest BCUT2D eigenvalue weighted by Crippen LogP contribution is -2.25. The molecule has 0 fully saturated rings. The number of aliphatic hydroxyl groups is 1. The Kier molecular flexibility index (Phi) is 8.54. The van der Waals surface area contributed by atoms with E-state index >= 15 is 0 Å². The number of aliphatic hydroxyl groups excluding tert-OH is 1. The summed E-state index contributed by atoms with van der Waals surface area (Å²) in [5, 5.41) is 9.01. The SMILES string of the molecule is COC(=O)CC(C)OC(=O)CC(C)OC(=O)CC(C)O. The second-order valence-corrected chi connectivity index (χ2v) is 4.64. The van der Waals surface area contributed by atoms with Gasteiger partial charge in [-0.05, 0) is 20.8 Å². The van der Waals surface area contributed by atoms with Gasteiger partial charge in [0.2, 0.25) is 0 Å². The molecule has 0 aliphatic rings. The van der Waals surface area contributed by atoms with Crippen molar-refractivity contribution in [2.24, 2.45) is 0 Å². The highest BCUT2D eigenvalue weighted by Crippen LogP contribution is 2.06. The summed E-state index contributed by atoms with van der Waals surface area (Å²) in [6, 6.07) is 0. The molecule has 0 radical (unpaired) electrons. The Balaban J connectivity index is 4.01. The Morgan fingerprint density at radius 3 is 1.65 bits per heavy atom. The van der Waals surface area contributed by atoms with Crippen molar-refractivity contribution in [3.8, 4) is 0 Å². The molecule has 0 spiro atoms. The molecule has 0 amide bonds. The number of carbonyl (C=O) groups excluding carboxylic acids is 3. The van der Waals surface area contributed by atoms with Crippen LogP contribution in [0.5, 0.6) is 0 Å². The van der Waals surface area contributed by atoms with Gasteiger partial charge in [0.05, 0.1) is 32.5 Å². The maximum atomic E-state index is 11.5. The second-order valence-electron chi connectivity index (χ2n) is 4.64. The standard InChI is InChI=1S/C13H22O7/c1-8(14)5-12(16)19-10(3)7-13(17)20-9(2)6-11(15)18-4/h8-10,14H,5-7H2,1-4H3. The lowest BCUT2D eigenvalue weighted by molar-refractivity contribution is -0.158. The van der Waals surface area contributed by atoms with E-state index in [0.717, 1.165) is 0 Å². The molecule has 0 heterocycles. The number of hydrogen-bond donors (Lipinski definition) is 1. The molecule has 20 heavy (non-hydrogen) atoms. The zero-order valence-electron chi connectivity index (χ0n) is 12.3. The molecule has 0 aromatic heterocycles. The molecule has 116 valence electrons. The van der Waals surface area contributed by atoms with E-state index in [2.05, 4.69) is 4.74 Å². The molecule has 0 aromatic carbocycles. The predicted octanol–water partition coefficient (Wildman–Crippen LogP) is 0.574. The maximum absolute atomic E-state index is 11.5. The fraction of sp³-hybridized carbons (Fsp3) is 0.769. The summed E-state index contributed by atoms with van der Waals surface area (Å²) < 4.78 is 14.3. The van der Waals surface area contributed by atoms with Gasteiger partial charge in [0.25, 0.3) is 0 Å². The summed E-state index contributed by atoms with van der Waals surface area (Å²) in [6.45, 7) is 4.58. The topological polar surface area (TPSA) is 99.1 Å². The van der Waals surface area contributed by atoms with Crippen LogP contribution in [0, 0.1) is 0 Å². The summed E-state index contributed by atoms with van der Waals surface area (Å²) in [5.74, 6) is -1.62. The average Bonchev–Trinajstić information content (AvgIpc) is 2.26. The third kappa shape index (κ3) is 9.32. The third-order valence-corrected chi connectivity index (χ3v) is 2.26. The minimum Gasteiger partial charge on any atom is -0.469 e. The lowest BCUT2D eigenvalue weighted by atomic mass is 10.2. The summed E-state index contributed by atoms with van der Waals surface area (Å²) >= 11 is 0. The third-order valence-electron chi connectivity index (χ3n) is 2.26. The molecule has 3 unspecified atom stereocenters. The highest BCUT2D eigenvalue weighted by atomic mass is 16.6. The van der Waals surface area contributed by atoms with Crippen LogP contribution in [0.1, 0.15) is 40.0 Å². The fourth-order valence-electron chi connectivity index (χ4n) is 1.42. The van der Waals surface area contributed by atoms with Crippen molar-refractivity contribution in [2.45, 2.75) is 58.3 Å². The highest BCUT2D eigenvalue weighted by Gasteiger charge is 2.19. The first kappa shape index (κ1) is 18.4. The van der Waals surface area contributed by atoms with Crippen molar-refractivity contribution in [1.29, 1.82) is 0 Å². The van der Waals surface area contributed by atoms with Crippen molar-refractivity contribution >= 4 is 17.9 Å². The van der Waals surface area contributed by atoms with Gasteiger partial charge in [-0.15, -0.1) is 0 Å². The molecule has 7 nitrogen and oxygen atoms in total. The minimum atomic E-state index is -0.790. The van der Waals surface area contributed by atoms with Crippen molar-refractivity contribution in [3.05, 3.63) is 0 Å². The Bertz CT molecular complexity index is 338. The molecule has 0 aromatic rings. The van der Waals surface area contributed by atoms with Crippen molar-refractivity contribution in [2.75, 3.05) is 7.11 Å². The number of carbonyl (C=O) groups is 3. The average molecular weight is 290 g/mol. The number of ether oxygens (including phenoxy) is 3. The Morgan fingerprint density at radius 1 is 0.850 bits per heavy atom. The van der Waals surface area contributed by atoms with Gasteiger partial charge in [-0.3, -0.25) is 14.4 Å². The Labute approximate surface area is 118 Å². The van der Waals surface area contributed by atoms with Gasteiger partial charge in [0.15, 0.2) is 0 Å². The van der Waals surface area contributed by atoms with Crippen molar-refractivity contribution in [1.82, 2.24) is 0 Å². The van der Waals surface area contributed by atoms with Gasteiger partial charge in [-0.1, -0.05) is 0 Å². The van der Waals surface area contributed by atoms with E-state index in [1.54, 1.807) is 13.8 Å². The van der Waals surface area contributed by atoms with E-state index in [1.807, 2.05) is 0 Å². The van der Waals surface area contributed by atoms with Gasteiger partial charge < -0.3 is 19.3 Å². The second kappa shape index (κ2) is 9.30. The fourth-order valence-corrected chi connectivity index (χ4v) is 1.42. The van der Waals surface area contributed by atoms with Crippen LogP contribution in [-0.2, 0) is 28.6 Å². The first-order valence-electron chi connectivity index (χ1n) is 6.38. The molecule has 0 saturated heterocycles. The molecule has 0 rings (SSSR count). The van der Waals surface area contributed by atoms with Crippen molar-refractivity contribution in [3.63, 3.8) is 0 Å². The quantitative estimate of drug-likeness (QED) is 0.515. The molecule has 1 N–H and O–H groups in total. The lowest BCUT2D eigenvalue weighted by Gasteiger charge is -2.16. The van der Waals surface area contributed by atoms with Crippen LogP contribution in [0.15, 0.2) is 0 Å². The molecule has 0 aliphatic carbocycles. The van der Waals surface area contributed by atoms with Crippen LogP contribution in [0.4, 0.5) is 0 Å². The zero-order chi connectivity index (χ0) is 15.7. The highest BCUT2D eigenvalue weighted by molar-refractivity contribution is 5.74. The van der Waals surface area contributed by atoms with Crippen molar-refractivity contribution < 1.29 is 33.7 Å². The Hall–Kier alpha value is -1.63. The van der Waals surface area contributed by atoms with Gasteiger partial charge >= 0.3 is 17.9 Å². The molecule has 7 heteroatoms. The first-order valence-corrected chi connectivity index (χ1v) is 6.38. The first-order chi connectivity index (χ1) is 9.24. The summed E-state index contributed by atoms with van der Waals surface area (Å²) in [6.07, 6.45) is -2.32. The summed E-state index contributed by atoms with van der Waals surface area (Å²) in [4.78, 5) is 33.7. The normalized spacial score (nSPS) is 14.8. The number of hydrogen-bond acceptors (Lipinski definition) is 7. The summed E-state index contributed by atoms with van der Waals surface area (Å²) in [5.41, 5.74) is 0. The van der Waals surface area contributed by atoms with Crippen LogP contribution in [-0.4, -0.2) is 48.4 Å². The van der Waals surface area contributed by atoms with Crippen LogP contribution in [0.3, 0.4) is 0 Å². The van der Waals surface area contributed by atoms with Crippen LogP contribution in [0.2, 0.25) is 0 Å². The monoisotopic (exact) mass is 290 g/mol. The number of rotatable bonds is 8. The Morgan fingerprint density at radius 2 is 1.25 bits per heavy atom. The van der Waals surface area contributed by atoms with E-state index in [4.69, 9.17) is 14.6 Å². The van der Waals surface area contributed by atoms with E-state index in [1.165, 1.54) is 14.0 Å². The van der Waals surface area contributed by atoms with E-state index in [9.17, 15) is 14.4 Å². The maximum Gasteiger partial charge on any atom is 0.309 e. The van der Waals surface area contributed by atoms with Gasteiger partial charge in [0.1, 0.15) is 12.2 Å². The minimum absolute atomic E-state index is 0.0293.